The summed E-state index contributed by atoms with van der Waals surface area (Å²) in [5.41, 5.74) is 1.18. The van der Waals surface area contributed by atoms with Gasteiger partial charge in [-0.1, -0.05) is 12.1 Å². The van der Waals surface area contributed by atoms with Crippen LogP contribution >= 0.6 is 0 Å². The van der Waals surface area contributed by atoms with Crippen molar-refractivity contribution >= 4 is 17.5 Å². The van der Waals surface area contributed by atoms with E-state index in [1.165, 1.54) is 23.0 Å². The number of carbonyl (C=O) groups excluding carboxylic acids is 2. The van der Waals surface area contributed by atoms with Gasteiger partial charge in [-0.25, -0.2) is 0 Å². The zero-order valence-electron chi connectivity index (χ0n) is 16.9. The fourth-order valence-electron chi connectivity index (χ4n) is 3.14. The number of benzene rings is 1. The van der Waals surface area contributed by atoms with E-state index in [9.17, 15) is 22.8 Å². The van der Waals surface area contributed by atoms with Crippen LogP contribution in [-0.2, 0) is 22.6 Å². The standard InChI is InChI=1S/C20H23F3N4O4/c1-2-27-17(19(29)26-6-8-30-9-7-26)16(11-24-27)25-18(28)15-5-3-4-14(10-15)12-31-13-20(21,22)23/h3-5,10-11H,2,6-9,12-13H2,1H3,(H,25,28). The first-order chi connectivity index (χ1) is 14.8. The van der Waals surface area contributed by atoms with Gasteiger partial charge in [0.2, 0.25) is 0 Å². The van der Waals surface area contributed by atoms with E-state index in [2.05, 4.69) is 15.2 Å². The van der Waals surface area contributed by atoms with Crippen LogP contribution in [-0.4, -0.2) is 65.6 Å². The Hall–Kier alpha value is -2.92. The monoisotopic (exact) mass is 440 g/mol. The molecule has 3 rings (SSSR count). The number of anilines is 1. The molecule has 0 saturated carbocycles. The lowest BCUT2D eigenvalue weighted by Gasteiger charge is -2.27. The molecular weight excluding hydrogens is 417 g/mol. The van der Waals surface area contributed by atoms with Gasteiger partial charge >= 0.3 is 6.18 Å². The van der Waals surface area contributed by atoms with E-state index in [1.54, 1.807) is 17.0 Å². The second-order valence-electron chi connectivity index (χ2n) is 6.89. The van der Waals surface area contributed by atoms with Crippen molar-refractivity contribution in [3.63, 3.8) is 0 Å². The molecule has 0 unspecified atom stereocenters. The number of nitrogens with one attached hydrogen (secondary N) is 1. The predicted octanol–water partition coefficient (Wildman–Crippen LogP) is 2.71. The number of hydrogen-bond acceptors (Lipinski definition) is 5. The lowest BCUT2D eigenvalue weighted by molar-refractivity contribution is -0.176. The normalized spacial score (nSPS) is 14.5. The van der Waals surface area contributed by atoms with Crippen LogP contribution in [0, 0.1) is 0 Å². The molecule has 2 amide bonds. The molecule has 1 fully saturated rings. The molecule has 0 bridgehead atoms. The molecule has 1 aromatic carbocycles. The largest absolute Gasteiger partial charge is 0.411 e. The summed E-state index contributed by atoms with van der Waals surface area (Å²) < 4.78 is 48.2. The number of amides is 2. The molecule has 168 valence electrons. The maximum Gasteiger partial charge on any atom is 0.411 e. The van der Waals surface area contributed by atoms with E-state index >= 15 is 0 Å². The number of aromatic nitrogens is 2. The highest BCUT2D eigenvalue weighted by Gasteiger charge is 2.28. The van der Waals surface area contributed by atoms with Gasteiger partial charge in [0.25, 0.3) is 11.8 Å². The van der Waals surface area contributed by atoms with Crippen LogP contribution in [0.2, 0.25) is 0 Å². The number of ether oxygens (including phenoxy) is 2. The Morgan fingerprint density at radius 1 is 1.26 bits per heavy atom. The van der Waals surface area contributed by atoms with Crippen LogP contribution in [0.15, 0.2) is 30.5 Å². The Labute approximate surface area is 176 Å². The predicted molar refractivity (Wildman–Crippen MR) is 105 cm³/mol. The smallest absolute Gasteiger partial charge is 0.378 e. The van der Waals surface area contributed by atoms with E-state index in [4.69, 9.17) is 4.74 Å². The molecule has 0 aliphatic carbocycles. The summed E-state index contributed by atoms with van der Waals surface area (Å²) in [4.78, 5) is 27.4. The van der Waals surface area contributed by atoms with Crippen LogP contribution in [0.5, 0.6) is 0 Å². The first-order valence-electron chi connectivity index (χ1n) is 9.76. The molecule has 31 heavy (non-hydrogen) atoms. The highest BCUT2D eigenvalue weighted by Crippen LogP contribution is 2.20. The third-order valence-electron chi connectivity index (χ3n) is 4.61. The highest BCUT2D eigenvalue weighted by molar-refractivity contribution is 6.08. The van der Waals surface area contributed by atoms with Gasteiger partial charge in [0.05, 0.1) is 31.7 Å². The van der Waals surface area contributed by atoms with Crippen molar-refractivity contribution in [1.29, 1.82) is 0 Å². The average Bonchev–Trinajstić information content (AvgIpc) is 3.15. The maximum absolute atomic E-state index is 13.0. The minimum Gasteiger partial charge on any atom is -0.378 e. The number of aryl methyl sites for hydroxylation is 1. The number of carbonyl (C=O) groups is 2. The van der Waals surface area contributed by atoms with Gasteiger partial charge in [0, 0.05) is 25.2 Å². The van der Waals surface area contributed by atoms with Crippen LogP contribution < -0.4 is 5.32 Å². The van der Waals surface area contributed by atoms with Crippen molar-refractivity contribution in [2.45, 2.75) is 26.3 Å². The minimum absolute atomic E-state index is 0.224. The zero-order valence-corrected chi connectivity index (χ0v) is 16.9. The lowest BCUT2D eigenvalue weighted by atomic mass is 10.1. The first kappa shape index (κ1) is 22.8. The van der Waals surface area contributed by atoms with Crippen LogP contribution in [0.25, 0.3) is 0 Å². The summed E-state index contributed by atoms with van der Waals surface area (Å²) in [6, 6.07) is 6.09. The summed E-state index contributed by atoms with van der Waals surface area (Å²) >= 11 is 0. The SMILES string of the molecule is CCn1ncc(NC(=O)c2cccc(COCC(F)(F)F)c2)c1C(=O)N1CCOCC1. The van der Waals surface area contributed by atoms with Gasteiger partial charge in [-0.3, -0.25) is 14.3 Å². The van der Waals surface area contributed by atoms with Gasteiger partial charge < -0.3 is 19.7 Å². The van der Waals surface area contributed by atoms with Crippen molar-refractivity contribution in [3.05, 3.63) is 47.3 Å². The van der Waals surface area contributed by atoms with Crippen LogP contribution in [0.1, 0.15) is 33.3 Å². The maximum atomic E-state index is 13.0. The molecule has 0 atom stereocenters. The quantitative estimate of drug-likeness (QED) is 0.716. The number of morpholine rings is 1. The molecule has 1 N–H and O–H groups in total. The fraction of sp³-hybridized carbons (Fsp3) is 0.450. The first-order valence-corrected chi connectivity index (χ1v) is 9.76. The zero-order chi connectivity index (χ0) is 22.4. The molecule has 8 nitrogen and oxygen atoms in total. The van der Waals surface area contributed by atoms with Crippen LogP contribution in [0.4, 0.5) is 18.9 Å². The van der Waals surface area contributed by atoms with Crippen molar-refractivity contribution in [1.82, 2.24) is 14.7 Å². The van der Waals surface area contributed by atoms with Crippen molar-refractivity contribution < 1.29 is 32.2 Å². The third-order valence-corrected chi connectivity index (χ3v) is 4.61. The molecule has 2 aromatic rings. The molecular formula is C20H23F3N4O4. The summed E-state index contributed by atoms with van der Waals surface area (Å²) in [5, 5.41) is 6.86. The molecule has 1 saturated heterocycles. The number of halogens is 3. The van der Waals surface area contributed by atoms with Gasteiger partial charge in [-0.05, 0) is 24.6 Å². The summed E-state index contributed by atoms with van der Waals surface area (Å²) in [6.07, 6.45) is -3.01. The Kier molecular flexibility index (Phi) is 7.29. The lowest BCUT2D eigenvalue weighted by Crippen LogP contribution is -2.41. The topological polar surface area (TPSA) is 85.7 Å². The fourth-order valence-corrected chi connectivity index (χ4v) is 3.14. The van der Waals surface area contributed by atoms with Crippen molar-refractivity contribution in [2.24, 2.45) is 0 Å². The van der Waals surface area contributed by atoms with Crippen molar-refractivity contribution in [3.8, 4) is 0 Å². The Morgan fingerprint density at radius 2 is 2.00 bits per heavy atom. The van der Waals surface area contributed by atoms with E-state index in [0.29, 0.717) is 38.4 Å². The number of alkyl halides is 3. The van der Waals surface area contributed by atoms with E-state index in [1.807, 2.05) is 6.92 Å². The number of nitrogens with zero attached hydrogens (tertiary/aromatic N) is 3. The van der Waals surface area contributed by atoms with E-state index in [-0.39, 0.29) is 29.5 Å². The summed E-state index contributed by atoms with van der Waals surface area (Å²) in [6.45, 7) is 2.39. The van der Waals surface area contributed by atoms with Gasteiger partial charge in [0.15, 0.2) is 0 Å². The summed E-state index contributed by atoms with van der Waals surface area (Å²) in [5.74, 6) is -0.767. The Morgan fingerprint density at radius 3 is 2.68 bits per heavy atom. The molecule has 1 aromatic heterocycles. The van der Waals surface area contributed by atoms with Gasteiger partial charge in [-0.2, -0.15) is 18.3 Å². The van der Waals surface area contributed by atoms with Gasteiger partial charge in [-0.15, -0.1) is 0 Å². The number of hydrogen-bond donors (Lipinski definition) is 1. The Bertz CT molecular complexity index is 923. The highest BCUT2D eigenvalue weighted by atomic mass is 19.4. The molecule has 1 aliphatic heterocycles. The number of rotatable bonds is 7. The van der Waals surface area contributed by atoms with E-state index < -0.39 is 18.7 Å². The molecule has 11 heteroatoms. The minimum atomic E-state index is -4.42. The average molecular weight is 440 g/mol. The van der Waals surface area contributed by atoms with Gasteiger partial charge in [0.1, 0.15) is 12.3 Å². The molecule has 0 radical (unpaired) electrons. The Balaban J connectivity index is 1.72. The molecule has 2 heterocycles. The van der Waals surface area contributed by atoms with Crippen molar-refractivity contribution in [2.75, 3.05) is 38.2 Å². The summed E-state index contributed by atoms with van der Waals surface area (Å²) in [7, 11) is 0. The van der Waals surface area contributed by atoms with Crippen LogP contribution in [0.3, 0.4) is 0 Å². The second-order valence-corrected chi connectivity index (χ2v) is 6.89. The molecule has 0 spiro atoms. The van der Waals surface area contributed by atoms with E-state index in [0.717, 1.165) is 0 Å². The third kappa shape index (κ3) is 6.05. The molecule has 1 aliphatic rings. The second kappa shape index (κ2) is 9.92.